The van der Waals surface area contributed by atoms with Crippen LogP contribution in [0.3, 0.4) is 0 Å². The van der Waals surface area contributed by atoms with Crippen LogP contribution in [-0.2, 0) is 16.0 Å². The van der Waals surface area contributed by atoms with Crippen LogP contribution in [0.25, 0.3) is 0 Å². The number of rotatable bonds is 14. The number of carboxylic acid groups (broad SMARTS) is 1. The van der Waals surface area contributed by atoms with E-state index in [1.54, 1.807) is 12.1 Å². The second-order valence-electron chi connectivity index (χ2n) is 7.12. The van der Waals surface area contributed by atoms with E-state index in [9.17, 15) is 14.7 Å². The average molecular weight is 395 g/mol. The first-order valence-electron chi connectivity index (χ1n) is 9.98. The Morgan fingerprint density at radius 3 is 2.57 bits per heavy atom. The summed E-state index contributed by atoms with van der Waals surface area (Å²) in [6.45, 7) is 4.58. The van der Waals surface area contributed by atoms with E-state index in [1.807, 2.05) is 13.0 Å². The molecule has 0 bridgehead atoms. The first-order valence-corrected chi connectivity index (χ1v) is 9.98. The van der Waals surface area contributed by atoms with Crippen molar-refractivity contribution >= 4 is 11.9 Å². The molecule has 7 nitrogen and oxygen atoms in total. The van der Waals surface area contributed by atoms with Crippen LogP contribution in [-0.4, -0.2) is 47.8 Å². The number of hydrogen-bond donors (Lipinski definition) is 4. The van der Waals surface area contributed by atoms with Gasteiger partial charge in [0.1, 0.15) is 0 Å². The largest absolute Gasteiger partial charge is 0.504 e. The molecular weight excluding hydrogens is 360 g/mol. The summed E-state index contributed by atoms with van der Waals surface area (Å²) in [5, 5.41) is 24.9. The number of carbonyl (C=O) groups excluding carboxylic acids is 1. The van der Waals surface area contributed by atoms with Gasteiger partial charge >= 0.3 is 5.97 Å². The van der Waals surface area contributed by atoms with Crippen molar-refractivity contribution in [2.75, 3.05) is 13.7 Å². The fraction of sp³-hybridized carbons (Fsp3) is 0.619. The van der Waals surface area contributed by atoms with E-state index in [4.69, 9.17) is 9.84 Å². The van der Waals surface area contributed by atoms with Crippen molar-refractivity contribution in [3.8, 4) is 11.5 Å². The molecule has 2 unspecified atom stereocenters. The number of benzene rings is 1. The molecule has 0 fully saturated rings. The molecule has 0 saturated heterocycles. The highest BCUT2D eigenvalue weighted by Crippen LogP contribution is 2.26. The molecule has 0 heterocycles. The van der Waals surface area contributed by atoms with Crippen LogP contribution in [0.15, 0.2) is 18.2 Å². The number of nitrogens with one attached hydrogen (secondary N) is 2. The standard InChI is InChI=1S/C21H34N2O5/c1-4-5-6-8-15(2)23-21(27)17(14-20(25)26)22-12-7-9-16-10-11-19(28-3)18(24)13-16/h10-11,13,15,17,22,24H,4-9,12,14H2,1-3H3,(H,23,27)(H,25,26). The number of phenols is 1. The second kappa shape index (κ2) is 13.0. The first-order chi connectivity index (χ1) is 13.4. The van der Waals surface area contributed by atoms with E-state index in [1.165, 1.54) is 7.11 Å². The number of phenolic OH excluding ortho intramolecular Hbond substituents is 1. The maximum Gasteiger partial charge on any atom is 0.305 e. The molecule has 7 heteroatoms. The van der Waals surface area contributed by atoms with Crippen molar-refractivity contribution in [3.63, 3.8) is 0 Å². The summed E-state index contributed by atoms with van der Waals surface area (Å²) >= 11 is 0. The Morgan fingerprint density at radius 1 is 1.21 bits per heavy atom. The Labute approximate surface area is 167 Å². The van der Waals surface area contributed by atoms with Crippen molar-refractivity contribution in [3.05, 3.63) is 23.8 Å². The molecule has 0 aliphatic carbocycles. The Hall–Kier alpha value is -2.28. The van der Waals surface area contributed by atoms with Gasteiger partial charge in [0, 0.05) is 6.04 Å². The highest BCUT2D eigenvalue weighted by Gasteiger charge is 2.22. The molecule has 0 aliphatic rings. The Kier molecular flexibility index (Phi) is 11.0. The summed E-state index contributed by atoms with van der Waals surface area (Å²) in [4.78, 5) is 23.5. The van der Waals surface area contributed by atoms with Crippen molar-refractivity contribution in [1.29, 1.82) is 0 Å². The van der Waals surface area contributed by atoms with E-state index in [2.05, 4.69) is 17.6 Å². The molecule has 28 heavy (non-hydrogen) atoms. The van der Waals surface area contributed by atoms with E-state index in [-0.39, 0.29) is 24.1 Å². The van der Waals surface area contributed by atoms with Gasteiger partial charge in [-0.1, -0.05) is 32.3 Å². The molecule has 0 spiro atoms. The average Bonchev–Trinajstić information content (AvgIpc) is 2.64. The van der Waals surface area contributed by atoms with Crippen molar-refractivity contribution in [1.82, 2.24) is 10.6 Å². The normalized spacial score (nSPS) is 13.0. The van der Waals surface area contributed by atoms with Gasteiger partial charge in [-0.05, 0) is 50.4 Å². The zero-order valence-electron chi connectivity index (χ0n) is 17.2. The first kappa shape index (κ1) is 23.8. The molecule has 1 aromatic carbocycles. The van der Waals surface area contributed by atoms with Crippen LogP contribution in [0.2, 0.25) is 0 Å². The maximum atomic E-state index is 12.4. The highest BCUT2D eigenvalue weighted by atomic mass is 16.5. The molecule has 158 valence electrons. The summed E-state index contributed by atoms with van der Waals surface area (Å²) in [6, 6.07) is 4.50. The smallest absolute Gasteiger partial charge is 0.305 e. The minimum atomic E-state index is -1.01. The fourth-order valence-electron chi connectivity index (χ4n) is 3.01. The van der Waals surface area contributed by atoms with Gasteiger partial charge in [0.05, 0.1) is 19.6 Å². The van der Waals surface area contributed by atoms with Gasteiger partial charge < -0.3 is 25.6 Å². The van der Waals surface area contributed by atoms with Gasteiger partial charge in [-0.2, -0.15) is 0 Å². The lowest BCUT2D eigenvalue weighted by Gasteiger charge is -2.20. The molecule has 0 radical (unpaired) electrons. The monoisotopic (exact) mass is 394 g/mol. The highest BCUT2D eigenvalue weighted by molar-refractivity contribution is 5.86. The van der Waals surface area contributed by atoms with Crippen molar-refractivity contribution in [2.45, 2.75) is 70.9 Å². The summed E-state index contributed by atoms with van der Waals surface area (Å²) in [7, 11) is 1.50. The van der Waals surface area contributed by atoms with Crippen LogP contribution < -0.4 is 15.4 Å². The number of aromatic hydroxyl groups is 1. The summed E-state index contributed by atoms with van der Waals surface area (Å²) in [5.41, 5.74) is 0.948. The third-order valence-corrected chi connectivity index (χ3v) is 4.60. The summed E-state index contributed by atoms with van der Waals surface area (Å²) in [5.74, 6) is -0.763. The molecule has 1 amide bonds. The fourth-order valence-corrected chi connectivity index (χ4v) is 3.01. The predicted molar refractivity (Wildman–Crippen MR) is 109 cm³/mol. The number of carbonyl (C=O) groups is 2. The Bertz CT molecular complexity index is 621. The molecule has 0 aliphatic heterocycles. The minimum absolute atomic E-state index is 0.0272. The molecule has 0 saturated carbocycles. The topological polar surface area (TPSA) is 108 Å². The number of carboxylic acids is 1. The molecule has 2 atom stereocenters. The lowest BCUT2D eigenvalue weighted by molar-refractivity contribution is -0.140. The van der Waals surface area contributed by atoms with Crippen molar-refractivity contribution in [2.24, 2.45) is 0 Å². The molecular formula is C21H34N2O5. The minimum Gasteiger partial charge on any atom is -0.504 e. The van der Waals surface area contributed by atoms with Gasteiger partial charge in [-0.3, -0.25) is 9.59 Å². The van der Waals surface area contributed by atoms with Crippen LogP contribution in [0.4, 0.5) is 0 Å². The van der Waals surface area contributed by atoms with Gasteiger partial charge in [0.2, 0.25) is 5.91 Å². The Balaban J connectivity index is 2.46. The van der Waals surface area contributed by atoms with Gasteiger partial charge in [0.25, 0.3) is 0 Å². The quantitative estimate of drug-likeness (QED) is 0.361. The van der Waals surface area contributed by atoms with Crippen LogP contribution in [0, 0.1) is 0 Å². The van der Waals surface area contributed by atoms with Crippen molar-refractivity contribution < 1.29 is 24.5 Å². The zero-order chi connectivity index (χ0) is 20.9. The van der Waals surface area contributed by atoms with Crippen LogP contribution in [0.5, 0.6) is 11.5 Å². The second-order valence-corrected chi connectivity index (χ2v) is 7.12. The van der Waals surface area contributed by atoms with E-state index in [0.717, 1.165) is 31.2 Å². The van der Waals surface area contributed by atoms with Gasteiger partial charge in [0.15, 0.2) is 11.5 Å². The number of ether oxygens (including phenoxy) is 1. The number of aliphatic carboxylic acids is 1. The number of hydrogen-bond acceptors (Lipinski definition) is 5. The lowest BCUT2D eigenvalue weighted by Crippen LogP contribution is -2.48. The number of unbranched alkanes of at least 4 members (excludes halogenated alkanes) is 2. The SMILES string of the molecule is CCCCCC(C)NC(=O)C(CC(=O)O)NCCCc1ccc(OC)c(O)c1. The molecule has 1 aromatic rings. The predicted octanol–water partition coefficient (Wildman–Crippen LogP) is 2.85. The number of aryl methyl sites for hydroxylation is 1. The maximum absolute atomic E-state index is 12.4. The molecule has 0 aromatic heterocycles. The number of methoxy groups -OCH3 is 1. The van der Waals surface area contributed by atoms with E-state index < -0.39 is 12.0 Å². The molecule has 1 rings (SSSR count). The van der Waals surface area contributed by atoms with Gasteiger partial charge in [-0.25, -0.2) is 0 Å². The third-order valence-electron chi connectivity index (χ3n) is 4.60. The Morgan fingerprint density at radius 2 is 1.96 bits per heavy atom. The summed E-state index contributed by atoms with van der Waals surface area (Å²) < 4.78 is 5.02. The molecule has 4 N–H and O–H groups in total. The third kappa shape index (κ3) is 9.08. The number of amides is 1. The van der Waals surface area contributed by atoms with E-state index >= 15 is 0 Å². The summed E-state index contributed by atoms with van der Waals surface area (Å²) in [6.07, 6.45) is 5.33. The van der Waals surface area contributed by atoms with Crippen LogP contribution in [0.1, 0.15) is 57.9 Å². The van der Waals surface area contributed by atoms with Gasteiger partial charge in [-0.15, -0.1) is 0 Å². The zero-order valence-corrected chi connectivity index (χ0v) is 17.2. The van der Waals surface area contributed by atoms with Crippen LogP contribution >= 0.6 is 0 Å². The van der Waals surface area contributed by atoms with E-state index in [0.29, 0.717) is 25.1 Å². The lowest BCUT2D eigenvalue weighted by atomic mass is 10.1.